The molecule has 1 heterocycles. The van der Waals surface area contributed by atoms with Gasteiger partial charge >= 0.3 is 0 Å². The number of hydrogen-bond acceptors (Lipinski definition) is 5. The lowest BCUT2D eigenvalue weighted by Gasteiger charge is -2.30. The number of aryl methyl sites for hydroxylation is 2. The fourth-order valence-corrected chi connectivity index (χ4v) is 5.23. The number of nitrogens with one attached hydrogen (secondary N) is 1. The minimum atomic E-state index is -3.57. The Bertz CT molecular complexity index is 977. The van der Waals surface area contributed by atoms with Gasteiger partial charge in [0.1, 0.15) is 18.1 Å². The largest absolute Gasteiger partial charge is 0.497 e. The molecule has 1 saturated heterocycles. The van der Waals surface area contributed by atoms with Crippen molar-refractivity contribution in [1.82, 2.24) is 9.62 Å². The lowest BCUT2D eigenvalue weighted by atomic mass is 9.97. The maximum absolute atomic E-state index is 12.8. The van der Waals surface area contributed by atoms with Crippen LogP contribution in [0.25, 0.3) is 0 Å². The van der Waals surface area contributed by atoms with Crippen molar-refractivity contribution in [2.75, 3.05) is 33.4 Å². The van der Waals surface area contributed by atoms with Crippen LogP contribution in [0.15, 0.2) is 47.4 Å². The summed E-state index contributed by atoms with van der Waals surface area (Å²) in [4.78, 5) is 12.7. The number of carbonyl (C=O) groups excluding carboxylic acids is 1. The van der Waals surface area contributed by atoms with Gasteiger partial charge in [0.05, 0.1) is 18.6 Å². The summed E-state index contributed by atoms with van der Waals surface area (Å²) in [6, 6.07) is 12.4. The van der Waals surface area contributed by atoms with Gasteiger partial charge in [-0.1, -0.05) is 6.07 Å². The number of carbonyl (C=O) groups is 1. The summed E-state index contributed by atoms with van der Waals surface area (Å²) in [5, 5.41) is 2.90. The summed E-state index contributed by atoms with van der Waals surface area (Å²) in [5.41, 5.74) is 2.27. The molecular weight excluding hydrogens is 416 g/mol. The number of benzene rings is 2. The van der Waals surface area contributed by atoms with Gasteiger partial charge in [-0.25, -0.2) is 8.42 Å². The maximum atomic E-state index is 12.8. The zero-order valence-electron chi connectivity index (χ0n) is 18.3. The van der Waals surface area contributed by atoms with E-state index in [1.165, 1.54) is 11.4 Å². The Morgan fingerprint density at radius 1 is 1.03 bits per heavy atom. The zero-order valence-corrected chi connectivity index (χ0v) is 19.1. The highest BCUT2D eigenvalue weighted by molar-refractivity contribution is 7.89. The second-order valence-corrected chi connectivity index (χ2v) is 9.75. The number of sulfonamides is 1. The van der Waals surface area contributed by atoms with Gasteiger partial charge < -0.3 is 14.8 Å². The molecule has 1 N–H and O–H groups in total. The van der Waals surface area contributed by atoms with E-state index in [0.29, 0.717) is 44.8 Å². The molecule has 0 aromatic heterocycles. The molecule has 8 heteroatoms. The number of rotatable bonds is 8. The summed E-state index contributed by atoms with van der Waals surface area (Å²) in [6.45, 7) is 5.48. The van der Waals surface area contributed by atoms with Gasteiger partial charge in [0.25, 0.3) is 0 Å². The van der Waals surface area contributed by atoms with Gasteiger partial charge in [-0.15, -0.1) is 0 Å². The molecule has 0 spiro atoms. The Morgan fingerprint density at radius 2 is 1.65 bits per heavy atom. The third kappa shape index (κ3) is 5.98. The van der Waals surface area contributed by atoms with Crippen molar-refractivity contribution in [1.29, 1.82) is 0 Å². The smallest absolute Gasteiger partial charge is 0.243 e. The summed E-state index contributed by atoms with van der Waals surface area (Å²) in [6.07, 6.45) is 0.998. The summed E-state index contributed by atoms with van der Waals surface area (Å²) < 4.78 is 37.9. The Kier molecular flexibility index (Phi) is 7.56. The molecule has 2 aromatic rings. The van der Waals surface area contributed by atoms with Crippen molar-refractivity contribution in [2.24, 2.45) is 5.92 Å². The fourth-order valence-electron chi connectivity index (χ4n) is 3.76. The molecular formula is C23H30N2O5S. The topological polar surface area (TPSA) is 84.9 Å². The molecule has 7 nitrogen and oxygen atoms in total. The number of hydrogen-bond donors (Lipinski definition) is 1. The van der Waals surface area contributed by atoms with Crippen molar-refractivity contribution < 1.29 is 22.7 Å². The number of nitrogens with zero attached hydrogens (tertiary/aromatic N) is 1. The summed E-state index contributed by atoms with van der Waals surface area (Å²) >= 11 is 0. The molecule has 168 valence electrons. The highest BCUT2D eigenvalue weighted by Gasteiger charge is 2.32. The first-order chi connectivity index (χ1) is 14.8. The molecule has 1 aliphatic rings. The van der Waals surface area contributed by atoms with Crippen LogP contribution >= 0.6 is 0 Å². The number of ether oxygens (including phenoxy) is 2. The van der Waals surface area contributed by atoms with Crippen LogP contribution in [-0.4, -0.2) is 52.0 Å². The average molecular weight is 447 g/mol. The zero-order chi connectivity index (χ0) is 22.4. The Labute approximate surface area is 184 Å². The second kappa shape index (κ2) is 10.2. The number of piperidine rings is 1. The van der Waals surface area contributed by atoms with Crippen LogP contribution in [0, 0.1) is 19.8 Å². The SMILES string of the molecule is COc1ccc(S(=O)(=O)N2CCC(C(=O)NCCOc3cc(C)cc(C)c3)CC2)cc1. The molecule has 0 saturated carbocycles. The highest BCUT2D eigenvalue weighted by Crippen LogP contribution is 2.25. The monoisotopic (exact) mass is 446 g/mol. The van der Waals surface area contributed by atoms with Gasteiger partial charge in [0.2, 0.25) is 15.9 Å². The number of amides is 1. The normalized spacial score (nSPS) is 15.5. The minimum Gasteiger partial charge on any atom is -0.497 e. The molecule has 1 amide bonds. The third-order valence-electron chi connectivity index (χ3n) is 5.39. The quantitative estimate of drug-likeness (QED) is 0.631. The molecule has 1 fully saturated rings. The standard InChI is InChI=1S/C23H30N2O5S/c1-17-14-18(2)16-21(15-17)30-13-10-24-23(26)19-8-11-25(12-9-19)31(27,28)22-6-4-20(29-3)5-7-22/h4-7,14-16,19H,8-13H2,1-3H3,(H,24,26). The molecule has 0 bridgehead atoms. The van der Waals surface area contributed by atoms with Crippen LogP contribution in [0.5, 0.6) is 11.5 Å². The lowest BCUT2D eigenvalue weighted by Crippen LogP contribution is -2.43. The van der Waals surface area contributed by atoms with E-state index in [2.05, 4.69) is 11.4 Å². The van der Waals surface area contributed by atoms with Crippen molar-refractivity contribution in [3.05, 3.63) is 53.6 Å². The molecule has 31 heavy (non-hydrogen) atoms. The van der Waals surface area contributed by atoms with E-state index < -0.39 is 10.0 Å². The Balaban J connectivity index is 1.44. The maximum Gasteiger partial charge on any atom is 0.243 e. The van der Waals surface area contributed by atoms with Gasteiger partial charge in [-0.05, 0) is 74.2 Å². The average Bonchev–Trinajstić information content (AvgIpc) is 2.76. The number of methoxy groups -OCH3 is 1. The summed E-state index contributed by atoms with van der Waals surface area (Å²) in [5.74, 6) is 1.16. The van der Waals surface area contributed by atoms with Crippen LogP contribution in [-0.2, 0) is 14.8 Å². The molecule has 0 unspecified atom stereocenters. The van der Waals surface area contributed by atoms with Crippen LogP contribution in [0.2, 0.25) is 0 Å². The van der Waals surface area contributed by atoms with Crippen molar-refractivity contribution in [3.8, 4) is 11.5 Å². The van der Waals surface area contributed by atoms with E-state index in [0.717, 1.165) is 16.9 Å². The fraction of sp³-hybridized carbons (Fsp3) is 0.435. The molecule has 0 radical (unpaired) electrons. The first-order valence-corrected chi connectivity index (χ1v) is 11.9. The predicted molar refractivity (Wildman–Crippen MR) is 119 cm³/mol. The van der Waals surface area contributed by atoms with Gasteiger partial charge in [0.15, 0.2) is 0 Å². The lowest BCUT2D eigenvalue weighted by molar-refractivity contribution is -0.126. The van der Waals surface area contributed by atoms with E-state index in [-0.39, 0.29) is 16.7 Å². The molecule has 3 rings (SSSR count). The van der Waals surface area contributed by atoms with Crippen molar-refractivity contribution >= 4 is 15.9 Å². The highest BCUT2D eigenvalue weighted by atomic mass is 32.2. The molecule has 2 aromatic carbocycles. The van der Waals surface area contributed by atoms with E-state index >= 15 is 0 Å². The van der Waals surface area contributed by atoms with E-state index in [4.69, 9.17) is 9.47 Å². The van der Waals surface area contributed by atoms with Gasteiger partial charge in [-0.2, -0.15) is 4.31 Å². The molecule has 0 aliphatic carbocycles. The Hall–Kier alpha value is -2.58. The first kappa shape index (κ1) is 23.1. The van der Waals surface area contributed by atoms with Crippen molar-refractivity contribution in [3.63, 3.8) is 0 Å². The van der Waals surface area contributed by atoms with Gasteiger partial charge in [-0.3, -0.25) is 4.79 Å². The van der Waals surface area contributed by atoms with Crippen LogP contribution in [0.4, 0.5) is 0 Å². The van der Waals surface area contributed by atoms with Crippen LogP contribution in [0.3, 0.4) is 0 Å². The third-order valence-corrected chi connectivity index (χ3v) is 7.30. The van der Waals surface area contributed by atoms with E-state index in [1.54, 1.807) is 24.3 Å². The minimum absolute atomic E-state index is 0.0504. The van der Waals surface area contributed by atoms with Gasteiger partial charge in [0, 0.05) is 19.0 Å². The second-order valence-electron chi connectivity index (χ2n) is 7.82. The summed E-state index contributed by atoms with van der Waals surface area (Å²) in [7, 11) is -2.03. The van der Waals surface area contributed by atoms with Crippen molar-refractivity contribution in [2.45, 2.75) is 31.6 Å². The van der Waals surface area contributed by atoms with Crippen LogP contribution in [0.1, 0.15) is 24.0 Å². The Morgan fingerprint density at radius 3 is 2.23 bits per heavy atom. The van der Waals surface area contributed by atoms with E-state index in [1.807, 2.05) is 26.0 Å². The molecule has 1 aliphatic heterocycles. The van der Waals surface area contributed by atoms with E-state index in [9.17, 15) is 13.2 Å². The first-order valence-electron chi connectivity index (χ1n) is 10.4. The predicted octanol–water partition coefficient (Wildman–Crippen LogP) is 2.91. The molecule has 0 atom stereocenters. The van der Waals surface area contributed by atoms with Crippen LogP contribution < -0.4 is 14.8 Å².